The van der Waals surface area contributed by atoms with E-state index in [1.54, 1.807) is 24.5 Å². The molecule has 3 rings (SSSR count). The van der Waals surface area contributed by atoms with Crippen molar-refractivity contribution < 1.29 is 4.79 Å². The predicted octanol–water partition coefficient (Wildman–Crippen LogP) is 3.43. The van der Waals surface area contributed by atoms with E-state index in [0.29, 0.717) is 10.2 Å². The highest BCUT2D eigenvalue weighted by Crippen LogP contribution is 2.25. The summed E-state index contributed by atoms with van der Waals surface area (Å²) in [7, 11) is 0. The second-order valence-electron chi connectivity index (χ2n) is 4.51. The van der Waals surface area contributed by atoms with Crippen LogP contribution in [-0.4, -0.2) is 21.1 Å². The maximum Gasteiger partial charge on any atom is 0.230 e. The van der Waals surface area contributed by atoms with Crippen molar-refractivity contribution in [3.8, 4) is 10.6 Å². The van der Waals surface area contributed by atoms with Crippen molar-refractivity contribution in [3.63, 3.8) is 0 Å². The molecule has 0 atom stereocenters. The lowest BCUT2D eigenvalue weighted by molar-refractivity contribution is -0.115. The zero-order valence-corrected chi connectivity index (χ0v) is 12.9. The van der Waals surface area contributed by atoms with Crippen LogP contribution in [-0.2, 0) is 11.2 Å². The van der Waals surface area contributed by atoms with E-state index >= 15 is 0 Å². The maximum absolute atomic E-state index is 12.0. The first kappa shape index (κ1) is 14.6. The van der Waals surface area contributed by atoms with Crippen molar-refractivity contribution >= 4 is 34.0 Å². The van der Waals surface area contributed by atoms with Gasteiger partial charge in [0.1, 0.15) is 0 Å². The van der Waals surface area contributed by atoms with Crippen molar-refractivity contribution in [3.05, 3.63) is 59.4 Å². The van der Waals surface area contributed by atoms with Crippen LogP contribution in [0.1, 0.15) is 5.56 Å². The third kappa shape index (κ3) is 3.66. The Balaban J connectivity index is 1.65. The first-order valence-corrected chi connectivity index (χ1v) is 7.68. The van der Waals surface area contributed by atoms with Crippen LogP contribution in [0.5, 0.6) is 0 Å². The Morgan fingerprint density at radius 2 is 2.00 bits per heavy atom. The number of carbonyl (C=O) groups is 1. The van der Waals surface area contributed by atoms with E-state index < -0.39 is 0 Å². The lowest BCUT2D eigenvalue weighted by Gasteiger charge is -2.01. The van der Waals surface area contributed by atoms with Gasteiger partial charge in [0.15, 0.2) is 5.01 Å². The molecule has 0 saturated heterocycles. The van der Waals surface area contributed by atoms with E-state index in [4.69, 9.17) is 11.6 Å². The van der Waals surface area contributed by atoms with Gasteiger partial charge in [-0.1, -0.05) is 35.1 Å². The molecule has 2 aromatic heterocycles. The summed E-state index contributed by atoms with van der Waals surface area (Å²) < 4.78 is 0. The minimum absolute atomic E-state index is 0.142. The molecule has 1 amide bonds. The van der Waals surface area contributed by atoms with E-state index in [1.165, 1.54) is 11.3 Å². The smallest absolute Gasteiger partial charge is 0.230 e. The first-order chi connectivity index (χ1) is 10.7. The van der Waals surface area contributed by atoms with Crippen LogP contribution in [0.3, 0.4) is 0 Å². The molecule has 0 bridgehead atoms. The van der Waals surface area contributed by atoms with E-state index in [-0.39, 0.29) is 12.3 Å². The Kier molecular flexibility index (Phi) is 4.41. The molecule has 0 unspecified atom stereocenters. The average molecular weight is 331 g/mol. The fraction of sp³-hybridized carbons (Fsp3) is 0.0667. The van der Waals surface area contributed by atoms with Crippen LogP contribution in [0, 0.1) is 0 Å². The van der Waals surface area contributed by atoms with Gasteiger partial charge in [-0.15, -0.1) is 10.2 Å². The molecule has 0 saturated carbocycles. The highest BCUT2D eigenvalue weighted by Gasteiger charge is 2.10. The van der Waals surface area contributed by atoms with Gasteiger partial charge >= 0.3 is 0 Å². The number of halogens is 1. The molecule has 2 heterocycles. The normalized spacial score (nSPS) is 10.4. The molecule has 1 aromatic carbocycles. The Bertz CT molecular complexity index is 774. The summed E-state index contributed by atoms with van der Waals surface area (Å²) in [6, 6.07) is 10.9. The zero-order chi connectivity index (χ0) is 15.4. The second-order valence-corrected chi connectivity index (χ2v) is 5.92. The van der Waals surface area contributed by atoms with Crippen molar-refractivity contribution in [1.29, 1.82) is 0 Å². The van der Waals surface area contributed by atoms with Crippen molar-refractivity contribution in [1.82, 2.24) is 15.2 Å². The summed E-state index contributed by atoms with van der Waals surface area (Å²) in [5, 5.41) is 12.6. The number of anilines is 1. The standard InChI is InChI=1S/C15H11ClN4OS/c16-12-5-3-10(4-6-12)8-13(21)18-15-20-19-14(22-15)11-2-1-7-17-9-11/h1-7,9H,8H2,(H,18,20,21). The van der Waals surface area contributed by atoms with Crippen molar-refractivity contribution in [2.24, 2.45) is 0 Å². The molecule has 1 N–H and O–H groups in total. The number of amides is 1. The number of carbonyl (C=O) groups excluding carboxylic acids is 1. The summed E-state index contributed by atoms with van der Waals surface area (Å²) in [5.41, 5.74) is 1.76. The SMILES string of the molecule is O=C(Cc1ccc(Cl)cc1)Nc1nnc(-c2cccnc2)s1. The van der Waals surface area contributed by atoms with Crippen LogP contribution < -0.4 is 5.32 Å². The molecule has 0 fully saturated rings. The molecule has 0 radical (unpaired) electrons. The van der Waals surface area contributed by atoms with Crippen LogP contribution in [0.4, 0.5) is 5.13 Å². The quantitative estimate of drug-likeness (QED) is 0.795. The summed E-state index contributed by atoms with van der Waals surface area (Å²) >= 11 is 7.13. The second kappa shape index (κ2) is 6.64. The lowest BCUT2D eigenvalue weighted by atomic mass is 10.1. The van der Waals surface area contributed by atoms with E-state index in [2.05, 4.69) is 20.5 Å². The molecule has 7 heteroatoms. The summed E-state index contributed by atoms with van der Waals surface area (Å²) in [5.74, 6) is -0.142. The van der Waals surface area contributed by atoms with Crippen molar-refractivity contribution in [2.45, 2.75) is 6.42 Å². The number of nitrogens with one attached hydrogen (secondary N) is 1. The Morgan fingerprint density at radius 1 is 1.18 bits per heavy atom. The minimum atomic E-state index is -0.142. The highest BCUT2D eigenvalue weighted by molar-refractivity contribution is 7.18. The third-order valence-electron chi connectivity index (χ3n) is 2.86. The molecule has 0 spiro atoms. The molecule has 0 aliphatic rings. The van der Waals surface area contributed by atoms with Crippen LogP contribution in [0.25, 0.3) is 10.6 Å². The lowest BCUT2D eigenvalue weighted by Crippen LogP contribution is -2.14. The zero-order valence-electron chi connectivity index (χ0n) is 11.4. The molecule has 0 aliphatic carbocycles. The van der Waals surface area contributed by atoms with Gasteiger partial charge in [-0.25, -0.2) is 0 Å². The van der Waals surface area contributed by atoms with Gasteiger partial charge in [-0.3, -0.25) is 9.78 Å². The van der Waals surface area contributed by atoms with Crippen LogP contribution in [0.2, 0.25) is 5.02 Å². The van der Waals surface area contributed by atoms with Crippen molar-refractivity contribution in [2.75, 3.05) is 5.32 Å². The van der Waals surface area contributed by atoms with Gasteiger partial charge in [0.25, 0.3) is 0 Å². The Hall–Kier alpha value is -2.31. The molecule has 3 aromatic rings. The molecule has 0 aliphatic heterocycles. The fourth-order valence-corrected chi connectivity index (χ4v) is 2.71. The topological polar surface area (TPSA) is 67.8 Å². The summed E-state index contributed by atoms with van der Waals surface area (Å²) in [4.78, 5) is 16.0. The maximum atomic E-state index is 12.0. The van der Waals surface area contributed by atoms with E-state index in [0.717, 1.165) is 16.1 Å². The molecule has 5 nitrogen and oxygen atoms in total. The average Bonchev–Trinajstić information content (AvgIpc) is 2.99. The van der Waals surface area contributed by atoms with Gasteiger partial charge in [0, 0.05) is 23.0 Å². The monoisotopic (exact) mass is 330 g/mol. The Morgan fingerprint density at radius 3 is 2.73 bits per heavy atom. The van der Waals surface area contributed by atoms with E-state index in [1.807, 2.05) is 24.3 Å². The first-order valence-electron chi connectivity index (χ1n) is 6.49. The summed E-state index contributed by atoms with van der Waals surface area (Å²) in [6.45, 7) is 0. The van der Waals surface area contributed by atoms with Crippen LogP contribution in [0.15, 0.2) is 48.8 Å². The largest absolute Gasteiger partial charge is 0.300 e. The molecule has 110 valence electrons. The third-order valence-corrected chi connectivity index (χ3v) is 4.00. The number of pyridine rings is 1. The molecule has 22 heavy (non-hydrogen) atoms. The molecular weight excluding hydrogens is 320 g/mol. The highest BCUT2D eigenvalue weighted by atomic mass is 35.5. The Labute approximate surface area is 136 Å². The van der Waals surface area contributed by atoms with Gasteiger partial charge in [0.05, 0.1) is 6.42 Å². The number of benzene rings is 1. The van der Waals surface area contributed by atoms with Gasteiger partial charge in [-0.05, 0) is 29.8 Å². The van der Waals surface area contributed by atoms with Gasteiger partial charge in [0.2, 0.25) is 11.0 Å². The number of nitrogens with zero attached hydrogens (tertiary/aromatic N) is 3. The number of aromatic nitrogens is 3. The van der Waals surface area contributed by atoms with E-state index in [9.17, 15) is 4.79 Å². The summed E-state index contributed by atoms with van der Waals surface area (Å²) in [6.07, 6.45) is 3.66. The van der Waals surface area contributed by atoms with Gasteiger partial charge < -0.3 is 5.32 Å². The van der Waals surface area contributed by atoms with Gasteiger partial charge in [-0.2, -0.15) is 0 Å². The number of hydrogen-bond donors (Lipinski definition) is 1. The number of rotatable bonds is 4. The molecular formula is C15H11ClN4OS. The van der Waals surface area contributed by atoms with Crippen LogP contribution >= 0.6 is 22.9 Å². The predicted molar refractivity (Wildman–Crippen MR) is 86.9 cm³/mol. The fourth-order valence-electron chi connectivity index (χ4n) is 1.83. The minimum Gasteiger partial charge on any atom is -0.300 e. The number of hydrogen-bond acceptors (Lipinski definition) is 5.